The van der Waals surface area contributed by atoms with Gasteiger partial charge in [-0.2, -0.15) is 5.10 Å². The Morgan fingerprint density at radius 3 is 2.32 bits per heavy atom. The number of ether oxygens (including phenoxy) is 1. The average Bonchev–Trinajstić information content (AvgIpc) is 3.52. The number of hydrogen-bond acceptors (Lipinski definition) is 4. The molecule has 2 aromatic heterocycles. The highest BCUT2D eigenvalue weighted by atomic mass is 19.1. The van der Waals surface area contributed by atoms with Gasteiger partial charge in [0, 0.05) is 50.3 Å². The fourth-order valence-electron chi connectivity index (χ4n) is 4.38. The van der Waals surface area contributed by atoms with Crippen molar-refractivity contribution in [2.45, 2.75) is 6.92 Å². The van der Waals surface area contributed by atoms with Crippen LogP contribution < -0.4 is 9.64 Å². The third-order valence-corrected chi connectivity index (χ3v) is 6.16. The van der Waals surface area contributed by atoms with Gasteiger partial charge in [-0.15, -0.1) is 0 Å². The SMILES string of the molecule is COc1cccc(N2CCN(C(=O)c3c(C)nn(-c4ccc(F)cc4)c3-n3cccc3)CC2)c1. The Morgan fingerprint density at radius 2 is 1.65 bits per heavy atom. The minimum Gasteiger partial charge on any atom is -0.497 e. The van der Waals surface area contributed by atoms with Gasteiger partial charge in [0.1, 0.15) is 17.1 Å². The quantitative estimate of drug-likeness (QED) is 0.451. The van der Waals surface area contributed by atoms with Crippen molar-refractivity contribution in [3.8, 4) is 17.3 Å². The molecule has 1 aliphatic heterocycles. The maximum absolute atomic E-state index is 13.7. The molecule has 3 heterocycles. The monoisotopic (exact) mass is 459 g/mol. The smallest absolute Gasteiger partial charge is 0.259 e. The maximum Gasteiger partial charge on any atom is 0.259 e. The fraction of sp³-hybridized carbons (Fsp3) is 0.231. The number of aryl methyl sites for hydroxylation is 1. The first kappa shape index (κ1) is 21.8. The van der Waals surface area contributed by atoms with Gasteiger partial charge in [-0.25, -0.2) is 9.07 Å². The number of anilines is 1. The highest BCUT2D eigenvalue weighted by Gasteiger charge is 2.29. The van der Waals surface area contributed by atoms with E-state index < -0.39 is 0 Å². The summed E-state index contributed by atoms with van der Waals surface area (Å²) in [5.41, 5.74) is 2.96. The summed E-state index contributed by atoms with van der Waals surface area (Å²) >= 11 is 0. The lowest BCUT2D eigenvalue weighted by molar-refractivity contribution is 0.0746. The van der Waals surface area contributed by atoms with Gasteiger partial charge >= 0.3 is 0 Å². The molecule has 4 aromatic rings. The third-order valence-electron chi connectivity index (χ3n) is 6.16. The van der Waals surface area contributed by atoms with Crippen LogP contribution in [0.2, 0.25) is 0 Å². The lowest BCUT2D eigenvalue weighted by atomic mass is 10.1. The van der Waals surface area contributed by atoms with E-state index >= 15 is 0 Å². The minimum atomic E-state index is -0.319. The van der Waals surface area contributed by atoms with Gasteiger partial charge in [-0.3, -0.25) is 4.79 Å². The Balaban J connectivity index is 1.43. The van der Waals surface area contributed by atoms with Crippen molar-refractivity contribution in [3.63, 3.8) is 0 Å². The lowest BCUT2D eigenvalue weighted by Gasteiger charge is -2.36. The zero-order chi connectivity index (χ0) is 23.7. The number of carbonyl (C=O) groups excluding carboxylic acids is 1. The van der Waals surface area contributed by atoms with Crippen molar-refractivity contribution in [2.75, 3.05) is 38.2 Å². The summed E-state index contributed by atoms with van der Waals surface area (Å²) in [6.07, 6.45) is 3.77. The Kier molecular flexibility index (Phi) is 5.79. The first-order valence-corrected chi connectivity index (χ1v) is 11.2. The summed E-state index contributed by atoms with van der Waals surface area (Å²) in [7, 11) is 1.66. The predicted octanol–water partition coefficient (Wildman–Crippen LogP) is 4.08. The van der Waals surface area contributed by atoms with Crippen molar-refractivity contribution >= 4 is 11.6 Å². The van der Waals surface area contributed by atoms with E-state index in [0.717, 1.165) is 24.5 Å². The topological polar surface area (TPSA) is 55.5 Å². The van der Waals surface area contributed by atoms with Crippen LogP contribution in [0, 0.1) is 12.7 Å². The van der Waals surface area contributed by atoms with Crippen LogP contribution in [-0.4, -0.2) is 58.4 Å². The summed E-state index contributed by atoms with van der Waals surface area (Å²) in [6.45, 7) is 4.49. The zero-order valence-corrected chi connectivity index (χ0v) is 19.2. The van der Waals surface area contributed by atoms with Gasteiger partial charge in [0.2, 0.25) is 0 Å². The van der Waals surface area contributed by atoms with E-state index in [9.17, 15) is 9.18 Å². The van der Waals surface area contributed by atoms with Gasteiger partial charge < -0.3 is 19.1 Å². The van der Waals surface area contributed by atoms with E-state index in [0.29, 0.717) is 35.9 Å². The van der Waals surface area contributed by atoms with E-state index in [-0.39, 0.29) is 11.7 Å². The molecule has 1 fully saturated rings. The van der Waals surface area contributed by atoms with Crippen LogP contribution in [-0.2, 0) is 0 Å². The van der Waals surface area contributed by atoms with Gasteiger partial charge in [0.15, 0.2) is 5.82 Å². The number of aromatic nitrogens is 3. The molecule has 8 heteroatoms. The summed E-state index contributed by atoms with van der Waals surface area (Å²) in [4.78, 5) is 17.9. The maximum atomic E-state index is 13.7. The second kappa shape index (κ2) is 9.05. The first-order chi connectivity index (χ1) is 16.5. The number of halogens is 1. The second-order valence-electron chi connectivity index (χ2n) is 8.24. The van der Waals surface area contributed by atoms with Crippen LogP contribution in [0.3, 0.4) is 0 Å². The Morgan fingerprint density at radius 1 is 0.941 bits per heavy atom. The number of methoxy groups -OCH3 is 1. The number of nitrogens with zero attached hydrogens (tertiary/aromatic N) is 5. The molecule has 7 nitrogen and oxygen atoms in total. The molecule has 0 bridgehead atoms. The first-order valence-electron chi connectivity index (χ1n) is 11.2. The molecule has 2 aromatic carbocycles. The molecular formula is C26H26FN5O2. The average molecular weight is 460 g/mol. The predicted molar refractivity (Wildman–Crippen MR) is 129 cm³/mol. The fourth-order valence-corrected chi connectivity index (χ4v) is 4.38. The van der Waals surface area contributed by atoms with Crippen LogP contribution >= 0.6 is 0 Å². The normalized spacial score (nSPS) is 13.9. The molecule has 174 valence electrons. The summed E-state index contributed by atoms with van der Waals surface area (Å²) < 4.78 is 22.4. The molecule has 0 atom stereocenters. The van der Waals surface area contributed by atoms with Crippen LogP contribution in [0.1, 0.15) is 16.1 Å². The van der Waals surface area contributed by atoms with Gasteiger partial charge in [-0.05, 0) is 55.5 Å². The van der Waals surface area contributed by atoms with Crippen LogP contribution in [0.15, 0.2) is 73.1 Å². The summed E-state index contributed by atoms with van der Waals surface area (Å²) in [5.74, 6) is 1.09. The number of amides is 1. The number of rotatable bonds is 5. The Hall–Kier alpha value is -4.07. The Labute approximate surface area is 197 Å². The van der Waals surface area contributed by atoms with E-state index in [1.807, 2.05) is 59.1 Å². The van der Waals surface area contributed by atoms with Crippen molar-refractivity contribution < 1.29 is 13.9 Å². The minimum absolute atomic E-state index is 0.0557. The van der Waals surface area contributed by atoms with Crippen LogP contribution in [0.4, 0.5) is 10.1 Å². The molecule has 34 heavy (non-hydrogen) atoms. The van der Waals surface area contributed by atoms with Crippen LogP contribution in [0.5, 0.6) is 5.75 Å². The molecule has 1 aliphatic rings. The van der Waals surface area contributed by atoms with E-state index in [1.165, 1.54) is 12.1 Å². The lowest BCUT2D eigenvalue weighted by Crippen LogP contribution is -2.49. The largest absolute Gasteiger partial charge is 0.497 e. The van der Waals surface area contributed by atoms with Crippen molar-refractivity contribution in [2.24, 2.45) is 0 Å². The van der Waals surface area contributed by atoms with Gasteiger partial charge in [-0.1, -0.05) is 6.07 Å². The van der Waals surface area contributed by atoms with Crippen LogP contribution in [0.25, 0.3) is 11.5 Å². The Bertz CT molecular complexity index is 1290. The number of benzene rings is 2. The highest BCUT2D eigenvalue weighted by molar-refractivity contribution is 5.99. The molecule has 0 saturated carbocycles. The molecule has 5 rings (SSSR count). The van der Waals surface area contributed by atoms with E-state index in [4.69, 9.17) is 4.74 Å². The second-order valence-corrected chi connectivity index (χ2v) is 8.24. The molecule has 0 radical (unpaired) electrons. The van der Waals surface area contributed by atoms with E-state index in [2.05, 4.69) is 16.1 Å². The molecule has 0 spiro atoms. The van der Waals surface area contributed by atoms with Gasteiger partial charge in [0.05, 0.1) is 18.5 Å². The van der Waals surface area contributed by atoms with Gasteiger partial charge in [0.25, 0.3) is 5.91 Å². The van der Waals surface area contributed by atoms with Crippen molar-refractivity contribution in [1.29, 1.82) is 0 Å². The van der Waals surface area contributed by atoms with Crippen molar-refractivity contribution in [1.82, 2.24) is 19.2 Å². The molecule has 1 saturated heterocycles. The zero-order valence-electron chi connectivity index (χ0n) is 19.2. The molecule has 1 amide bonds. The molecule has 0 unspecified atom stereocenters. The summed E-state index contributed by atoms with van der Waals surface area (Å²) in [6, 6.07) is 17.9. The highest BCUT2D eigenvalue weighted by Crippen LogP contribution is 2.27. The van der Waals surface area contributed by atoms with E-state index in [1.54, 1.807) is 23.9 Å². The number of hydrogen-bond donors (Lipinski definition) is 0. The molecular weight excluding hydrogens is 433 g/mol. The third kappa shape index (κ3) is 4.03. The number of carbonyl (C=O) groups is 1. The van der Waals surface area contributed by atoms with Crippen molar-refractivity contribution in [3.05, 3.63) is 90.1 Å². The standard InChI is InChI=1S/C26H26FN5O2/c1-19-24(25(30-12-3-4-13-30)32(28-19)21-10-8-20(27)9-11-21)26(33)31-16-14-29(15-17-31)22-6-5-7-23(18-22)34-2/h3-13,18H,14-17H2,1-2H3. The summed E-state index contributed by atoms with van der Waals surface area (Å²) in [5, 5.41) is 4.67. The molecule has 0 N–H and O–H groups in total. The molecule has 0 aliphatic carbocycles. The number of piperazine rings is 1.